The Balaban J connectivity index is 2.34. The molecule has 4 heteroatoms. The number of rotatable bonds is 3. The van der Waals surface area contributed by atoms with Gasteiger partial charge in [-0.25, -0.2) is 4.98 Å². The smallest absolute Gasteiger partial charge is 0.224 e. The van der Waals surface area contributed by atoms with Crippen LogP contribution in [0.4, 0.5) is 0 Å². The average molecular weight is 229 g/mol. The van der Waals surface area contributed by atoms with Crippen molar-refractivity contribution in [2.24, 2.45) is 5.73 Å². The van der Waals surface area contributed by atoms with Crippen LogP contribution in [0.3, 0.4) is 0 Å². The summed E-state index contributed by atoms with van der Waals surface area (Å²) < 4.78 is 5.75. The van der Waals surface area contributed by atoms with Gasteiger partial charge in [0.05, 0.1) is 5.69 Å². The summed E-state index contributed by atoms with van der Waals surface area (Å²) in [7, 11) is 0. The van der Waals surface area contributed by atoms with Crippen molar-refractivity contribution >= 4 is 0 Å². The van der Waals surface area contributed by atoms with Crippen molar-refractivity contribution in [1.29, 1.82) is 0 Å². The largest absolute Gasteiger partial charge is 0.437 e. The molecular weight excluding hydrogens is 214 g/mol. The summed E-state index contributed by atoms with van der Waals surface area (Å²) >= 11 is 0. The van der Waals surface area contributed by atoms with E-state index in [-0.39, 0.29) is 6.04 Å². The van der Waals surface area contributed by atoms with Crippen molar-refractivity contribution in [2.75, 3.05) is 0 Å². The van der Waals surface area contributed by atoms with E-state index in [2.05, 4.69) is 9.97 Å². The van der Waals surface area contributed by atoms with Gasteiger partial charge in [0, 0.05) is 24.0 Å². The third kappa shape index (κ3) is 2.60. The molecule has 0 saturated carbocycles. The molecule has 0 aromatic carbocycles. The van der Waals surface area contributed by atoms with Crippen LogP contribution in [0.25, 0.3) is 0 Å². The molecule has 88 valence electrons. The van der Waals surface area contributed by atoms with Crippen LogP contribution in [0.5, 0.6) is 11.6 Å². The molecular formula is C13H15N3O. The minimum Gasteiger partial charge on any atom is -0.437 e. The van der Waals surface area contributed by atoms with Gasteiger partial charge in [-0.15, -0.1) is 0 Å². The van der Waals surface area contributed by atoms with E-state index in [4.69, 9.17) is 10.5 Å². The summed E-state index contributed by atoms with van der Waals surface area (Å²) in [6.45, 7) is 3.80. The van der Waals surface area contributed by atoms with Crippen molar-refractivity contribution < 1.29 is 4.74 Å². The zero-order valence-electron chi connectivity index (χ0n) is 9.92. The maximum atomic E-state index is 5.87. The molecule has 2 N–H and O–H groups in total. The SMILES string of the molecule is Cc1ncccc1Oc1ncccc1[C@H](C)N. The quantitative estimate of drug-likeness (QED) is 0.878. The number of hydrogen-bond acceptors (Lipinski definition) is 4. The fraction of sp³-hybridized carbons (Fsp3) is 0.231. The zero-order valence-corrected chi connectivity index (χ0v) is 9.92. The molecule has 2 heterocycles. The fourth-order valence-electron chi connectivity index (χ4n) is 1.52. The van der Waals surface area contributed by atoms with Crippen LogP contribution >= 0.6 is 0 Å². The van der Waals surface area contributed by atoms with Gasteiger partial charge >= 0.3 is 0 Å². The minimum absolute atomic E-state index is 0.115. The molecule has 0 spiro atoms. The predicted octanol–water partition coefficient (Wildman–Crippen LogP) is 2.60. The summed E-state index contributed by atoms with van der Waals surface area (Å²) in [4.78, 5) is 8.37. The minimum atomic E-state index is -0.115. The molecule has 0 bridgehead atoms. The lowest BCUT2D eigenvalue weighted by Gasteiger charge is -2.12. The zero-order chi connectivity index (χ0) is 12.3. The second kappa shape index (κ2) is 4.93. The number of pyridine rings is 2. The number of aryl methyl sites for hydroxylation is 1. The van der Waals surface area contributed by atoms with Gasteiger partial charge in [0.2, 0.25) is 5.88 Å². The van der Waals surface area contributed by atoms with E-state index in [9.17, 15) is 0 Å². The Kier molecular flexibility index (Phi) is 3.35. The maximum Gasteiger partial charge on any atom is 0.224 e. The molecule has 1 atom stereocenters. The molecule has 0 aliphatic rings. The highest BCUT2D eigenvalue weighted by atomic mass is 16.5. The van der Waals surface area contributed by atoms with E-state index in [0.29, 0.717) is 11.6 Å². The molecule has 2 aromatic heterocycles. The van der Waals surface area contributed by atoms with Crippen molar-refractivity contribution in [3.05, 3.63) is 47.9 Å². The number of aromatic nitrogens is 2. The molecule has 0 aliphatic heterocycles. The molecule has 4 nitrogen and oxygen atoms in total. The van der Waals surface area contributed by atoms with Crippen LogP contribution in [-0.2, 0) is 0 Å². The Morgan fingerprint density at radius 1 is 1.18 bits per heavy atom. The summed E-state index contributed by atoms with van der Waals surface area (Å²) in [6.07, 6.45) is 3.42. The Labute approximate surface area is 100 Å². The molecule has 0 unspecified atom stereocenters. The van der Waals surface area contributed by atoms with Gasteiger partial charge in [-0.05, 0) is 32.0 Å². The fourth-order valence-corrected chi connectivity index (χ4v) is 1.52. The van der Waals surface area contributed by atoms with Gasteiger partial charge < -0.3 is 10.5 Å². The Bertz CT molecular complexity index is 512. The normalized spacial score (nSPS) is 12.2. The van der Waals surface area contributed by atoms with E-state index in [0.717, 1.165) is 11.3 Å². The van der Waals surface area contributed by atoms with Crippen LogP contribution in [0.2, 0.25) is 0 Å². The maximum absolute atomic E-state index is 5.87. The Hall–Kier alpha value is -1.94. The van der Waals surface area contributed by atoms with Crippen molar-refractivity contribution in [2.45, 2.75) is 19.9 Å². The first-order valence-electron chi connectivity index (χ1n) is 5.48. The van der Waals surface area contributed by atoms with Gasteiger partial charge in [0.25, 0.3) is 0 Å². The lowest BCUT2D eigenvalue weighted by atomic mass is 10.1. The van der Waals surface area contributed by atoms with Gasteiger partial charge in [0.15, 0.2) is 5.75 Å². The molecule has 0 aliphatic carbocycles. The average Bonchev–Trinajstić information content (AvgIpc) is 2.32. The number of ether oxygens (including phenoxy) is 1. The lowest BCUT2D eigenvalue weighted by molar-refractivity contribution is 0.446. The van der Waals surface area contributed by atoms with E-state index in [1.807, 2.05) is 38.1 Å². The molecule has 0 fully saturated rings. The van der Waals surface area contributed by atoms with E-state index < -0.39 is 0 Å². The highest BCUT2D eigenvalue weighted by Gasteiger charge is 2.10. The van der Waals surface area contributed by atoms with Crippen LogP contribution in [0.15, 0.2) is 36.7 Å². The Morgan fingerprint density at radius 3 is 2.59 bits per heavy atom. The van der Waals surface area contributed by atoms with Crippen molar-refractivity contribution in [3.8, 4) is 11.6 Å². The van der Waals surface area contributed by atoms with E-state index >= 15 is 0 Å². The molecule has 0 saturated heterocycles. The lowest BCUT2D eigenvalue weighted by Crippen LogP contribution is -2.07. The summed E-state index contributed by atoms with van der Waals surface area (Å²) in [6, 6.07) is 7.34. The second-order valence-electron chi connectivity index (χ2n) is 3.88. The molecule has 2 rings (SSSR count). The van der Waals surface area contributed by atoms with E-state index in [1.54, 1.807) is 12.4 Å². The number of nitrogens with two attached hydrogens (primary N) is 1. The molecule has 2 aromatic rings. The van der Waals surface area contributed by atoms with Crippen LogP contribution in [0.1, 0.15) is 24.2 Å². The molecule has 0 radical (unpaired) electrons. The molecule has 17 heavy (non-hydrogen) atoms. The standard InChI is InChI=1S/C13H15N3O/c1-9(14)11-5-3-8-16-13(11)17-12-6-4-7-15-10(12)2/h3-9H,14H2,1-2H3/t9-/m0/s1. The molecule has 0 amide bonds. The predicted molar refractivity (Wildman–Crippen MR) is 65.9 cm³/mol. The van der Waals surface area contributed by atoms with Gasteiger partial charge in [0.1, 0.15) is 0 Å². The Morgan fingerprint density at radius 2 is 1.88 bits per heavy atom. The topological polar surface area (TPSA) is 61.0 Å². The third-order valence-electron chi connectivity index (χ3n) is 2.46. The van der Waals surface area contributed by atoms with Gasteiger partial charge in [-0.3, -0.25) is 4.98 Å². The summed E-state index contributed by atoms with van der Waals surface area (Å²) in [5.74, 6) is 1.24. The highest BCUT2D eigenvalue weighted by Crippen LogP contribution is 2.27. The van der Waals surface area contributed by atoms with Crippen LogP contribution in [-0.4, -0.2) is 9.97 Å². The first-order chi connectivity index (χ1) is 8.18. The monoisotopic (exact) mass is 229 g/mol. The first-order valence-corrected chi connectivity index (χ1v) is 5.48. The van der Waals surface area contributed by atoms with Gasteiger partial charge in [-0.2, -0.15) is 0 Å². The number of nitrogens with zero attached hydrogens (tertiary/aromatic N) is 2. The third-order valence-corrected chi connectivity index (χ3v) is 2.46. The summed E-state index contributed by atoms with van der Waals surface area (Å²) in [5.41, 5.74) is 7.58. The van der Waals surface area contributed by atoms with Crippen LogP contribution < -0.4 is 10.5 Å². The van der Waals surface area contributed by atoms with Gasteiger partial charge in [-0.1, -0.05) is 6.07 Å². The second-order valence-corrected chi connectivity index (χ2v) is 3.88. The van der Waals surface area contributed by atoms with E-state index in [1.165, 1.54) is 0 Å². The van der Waals surface area contributed by atoms with Crippen molar-refractivity contribution in [1.82, 2.24) is 9.97 Å². The van der Waals surface area contributed by atoms with Crippen molar-refractivity contribution in [3.63, 3.8) is 0 Å². The summed E-state index contributed by atoms with van der Waals surface area (Å²) in [5, 5.41) is 0. The first kappa shape index (κ1) is 11.5. The van der Waals surface area contributed by atoms with Crippen LogP contribution in [0, 0.1) is 6.92 Å². The highest BCUT2D eigenvalue weighted by molar-refractivity contribution is 5.35. The number of hydrogen-bond donors (Lipinski definition) is 1.